The summed E-state index contributed by atoms with van der Waals surface area (Å²) >= 11 is 0. The molecule has 418 valence electrons. The molecule has 4 fully saturated rings. The minimum atomic E-state index is -1.01. The molecule has 4 heterocycles. The molecule has 0 bridgehead atoms. The van der Waals surface area contributed by atoms with Crippen molar-refractivity contribution in [1.82, 2.24) is 52.3 Å². The number of nitrogens with one attached hydrogen (secondary N) is 8. The fraction of sp³-hybridized carbons (Fsp3) is 0.643. The van der Waals surface area contributed by atoms with Gasteiger partial charge in [0.15, 0.2) is 0 Å². The van der Waals surface area contributed by atoms with Gasteiger partial charge in [-0.25, -0.2) is 0 Å². The molecule has 0 aromatic heterocycles. The van der Waals surface area contributed by atoms with E-state index in [4.69, 9.17) is 0 Å². The topological polar surface area (TPSA) is 280 Å². The van der Waals surface area contributed by atoms with Gasteiger partial charge in [0.05, 0.1) is 12.1 Å². The maximum absolute atomic E-state index is 14.2. The van der Waals surface area contributed by atoms with Gasteiger partial charge >= 0.3 is 0 Å². The highest BCUT2D eigenvalue weighted by Gasteiger charge is 2.50. The number of carbonyl (C=O) groups is 8. The van der Waals surface area contributed by atoms with E-state index >= 15 is 0 Å². The number of amides is 8. The Balaban J connectivity index is 0.954. The van der Waals surface area contributed by atoms with Crippen LogP contribution in [0.3, 0.4) is 0 Å². The lowest BCUT2D eigenvalue weighted by molar-refractivity contribution is -0.144. The van der Waals surface area contributed by atoms with E-state index in [1.54, 1.807) is 72.4 Å². The standard InChI is InChI=1S/C56H84N10O10/c1-5-41(57-3)49(69)63-47-37(33-67)23-25-39-27-29-43(65(39)55(47)75)51(71)61-45(35-19-13-11-14-20-35)53(73)59-31-17-9-7-8-10-18-32-60-54(74)46(36-21-15-12-16-22-36)62-52(72)44-30-28-40-26-24-38(34-68)48(56(76)66(40)44)64-50(70)42(6-2)58-4/h11-16,19-22,37-48,57-58,67-68H,5-10,17-18,23-34H2,1-4H3,(H,59,73)(H,60,74)(H,61,71)(H,62,72)(H,63,69)(H,64,70)/t37-,38-,39+,40+,41+,42+,43+,44+,45+,46+,47+,48+/m1/s1. The molecule has 20 heteroatoms. The molecule has 0 unspecified atom stereocenters. The smallest absolute Gasteiger partial charge is 0.247 e. The van der Waals surface area contributed by atoms with Crippen LogP contribution in [0.5, 0.6) is 0 Å². The van der Waals surface area contributed by atoms with Gasteiger partial charge in [0.2, 0.25) is 47.3 Å². The Morgan fingerprint density at radius 3 is 1.21 bits per heavy atom. The molecule has 4 aliphatic rings. The first-order valence-electron chi connectivity index (χ1n) is 27.9. The Morgan fingerprint density at radius 1 is 0.513 bits per heavy atom. The Kier molecular flexibility index (Phi) is 23.0. The molecular weight excluding hydrogens is 973 g/mol. The number of hydrogen-bond donors (Lipinski definition) is 10. The van der Waals surface area contributed by atoms with Crippen molar-refractivity contribution in [2.75, 3.05) is 40.4 Å². The molecule has 2 aromatic carbocycles. The van der Waals surface area contributed by atoms with Crippen LogP contribution >= 0.6 is 0 Å². The predicted molar refractivity (Wildman–Crippen MR) is 285 cm³/mol. The molecule has 4 aliphatic heterocycles. The predicted octanol–water partition coefficient (Wildman–Crippen LogP) is 1.76. The first kappa shape index (κ1) is 59.3. The molecule has 4 saturated heterocycles. The van der Waals surface area contributed by atoms with E-state index in [9.17, 15) is 48.6 Å². The normalized spacial score (nSPS) is 24.9. The molecule has 12 atom stereocenters. The second-order valence-electron chi connectivity index (χ2n) is 20.9. The van der Waals surface area contributed by atoms with E-state index in [-0.39, 0.29) is 48.9 Å². The fourth-order valence-corrected chi connectivity index (χ4v) is 11.6. The van der Waals surface area contributed by atoms with E-state index < -0.39 is 83.8 Å². The first-order chi connectivity index (χ1) is 36.8. The lowest BCUT2D eigenvalue weighted by atomic mass is 9.93. The zero-order chi connectivity index (χ0) is 54.7. The van der Waals surface area contributed by atoms with Crippen molar-refractivity contribution in [3.63, 3.8) is 0 Å². The Labute approximate surface area is 447 Å². The summed E-state index contributed by atoms with van der Waals surface area (Å²) in [5, 5.41) is 44.0. The van der Waals surface area contributed by atoms with E-state index in [1.807, 2.05) is 26.0 Å². The highest BCUT2D eigenvalue weighted by molar-refractivity contribution is 5.97. The number of nitrogens with zero attached hydrogens (tertiary/aromatic N) is 2. The lowest BCUT2D eigenvalue weighted by Crippen LogP contribution is -2.59. The van der Waals surface area contributed by atoms with Crippen LogP contribution in [-0.4, -0.2) is 156 Å². The van der Waals surface area contributed by atoms with Crippen LogP contribution in [-0.2, 0) is 38.4 Å². The van der Waals surface area contributed by atoms with E-state index in [0.717, 1.165) is 25.7 Å². The van der Waals surface area contributed by atoms with Crippen molar-refractivity contribution in [3.05, 3.63) is 71.8 Å². The third-order valence-corrected chi connectivity index (χ3v) is 16.1. The minimum absolute atomic E-state index is 0.233. The van der Waals surface area contributed by atoms with Gasteiger partial charge in [-0.15, -0.1) is 0 Å². The third kappa shape index (κ3) is 14.9. The number of rotatable bonds is 27. The molecule has 6 rings (SSSR count). The summed E-state index contributed by atoms with van der Waals surface area (Å²) in [6.45, 7) is 3.92. The number of benzene rings is 2. The quantitative estimate of drug-likeness (QED) is 0.0574. The van der Waals surface area contributed by atoms with Crippen molar-refractivity contribution >= 4 is 47.3 Å². The summed E-state index contributed by atoms with van der Waals surface area (Å²) in [6, 6.07) is 10.7. The molecule has 0 aliphatic carbocycles. The second-order valence-corrected chi connectivity index (χ2v) is 20.9. The number of carbonyl (C=O) groups excluding carboxylic acids is 8. The molecule has 0 saturated carbocycles. The number of likely N-dealkylation sites (N-methyl/N-ethyl adjacent to an activating group) is 2. The molecule has 0 spiro atoms. The summed E-state index contributed by atoms with van der Waals surface area (Å²) in [5.41, 5.74) is 1.19. The van der Waals surface area contributed by atoms with Crippen LogP contribution in [0.1, 0.15) is 140 Å². The molecule has 0 radical (unpaired) electrons. The summed E-state index contributed by atoms with van der Waals surface area (Å²) in [7, 11) is 3.34. The average molecular weight is 1060 g/mol. The van der Waals surface area contributed by atoms with Gasteiger partial charge in [0.1, 0.15) is 36.3 Å². The molecule has 20 nitrogen and oxygen atoms in total. The van der Waals surface area contributed by atoms with Gasteiger partial charge in [-0.05, 0) is 102 Å². The monoisotopic (exact) mass is 1060 g/mol. The van der Waals surface area contributed by atoms with Crippen LogP contribution in [0.2, 0.25) is 0 Å². The highest BCUT2D eigenvalue weighted by atomic mass is 16.3. The maximum atomic E-state index is 14.2. The third-order valence-electron chi connectivity index (χ3n) is 16.1. The number of unbranched alkanes of at least 4 members (excludes halogenated alkanes) is 5. The Bertz CT molecular complexity index is 2090. The van der Waals surface area contributed by atoms with Gasteiger partial charge in [0, 0.05) is 50.2 Å². The van der Waals surface area contributed by atoms with Crippen LogP contribution in [0.4, 0.5) is 0 Å². The fourth-order valence-electron chi connectivity index (χ4n) is 11.6. The van der Waals surface area contributed by atoms with Crippen LogP contribution < -0.4 is 42.5 Å². The zero-order valence-corrected chi connectivity index (χ0v) is 44.9. The molecule has 10 N–H and O–H groups in total. The Hall–Kier alpha value is -5.96. The van der Waals surface area contributed by atoms with Gasteiger partial charge < -0.3 is 62.5 Å². The van der Waals surface area contributed by atoms with Crippen molar-refractivity contribution in [3.8, 4) is 0 Å². The molecule has 76 heavy (non-hydrogen) atoms. The van der Waals surface area contributed by atoms with Crippen molar-refractivity contribution in [2.24, 2.45) is 11.8 Å². The minimum Gasteiger partial charge on any atom is -0.396 e. The SMILES string of the molecule is CC[C@H](NC)C(=O)N[C@@H]1C(=O)N2[C@@H](CC[C@@H]1CO)CC[C@H]2C(=O)N[C@H](C(=O)NCCCCCCCCNC(=O)[C@@H](NC(=O)[C@@H]1CC[C@@H]2CC[C@H](CO)[C@H](NC(=O)[C@H](CC)NC)C(=O)N21)c1ccccc1)c1ccccc1. The number of aliphatic hydroxyl groups is 2. The summed E-state index contributed by atoms with van der Waals surface area (Å²) in [6.07, 6.45) is 10.0. The maximum Gasteiger partial charge on any atom is 0.247 e. The lowest BCUT2D eigenvalue weighted by Gasteiger charge is -2.33. The van der Waals surface area contributed by atoms with Gasteiger partial charge in [0.25, 0.3) is 0 Å². The average Bonchev–Trinajstić information content (AvgIpc) is 4.02. The van der Waals surface area contributed by atoms with Crippen LogP contribution in [0.25, 0.3) is 0 Å². The van der Waals surface area contributed by atoms with Crippen LogP contribution in [0.15, 0.2) is 60.7 Å². The number of fused-ring (bicyclic) bond motifs is 2. The largest absolute Gasteiger partial charge is 0.396 e. The van der Waals surface area contributed by atoms with E-state index in [2.05, 4.69) is 42.5 Å². The van der Waals surface area contributed by atoms with Gasteiger partial charge in [-0.3, -0.25) is 38.4 Å². The highest BCUT2D eigenvalue weighted by Crippen LogP contribution is 2.36. The van der Waals surface area contributed by atoms with Crippen LogP contribution in [0, 0.1) is 11.8 Å². The van der Waals surface area contributed by atoms with E-state index in [0.29, 0.717) is 101 Å². The Morgan fingerprint density at radius 2 is 0.868 bits per heavy atom. The zero-order valence-electron chi connectivity index (χ0n) is 44.9. The van der Waals surface area contributed by atoms with Gasteiger partial charge in [-0.1, -0.05) is 100 Å². The van der Waals surface area contributed by atoms with Crippen molar-refractivity contribution in [2.45, 2.75) is 177 Å². The molecular formula is C56H84N10O10. The van der Waals surface area contributed by atoms with Crippen molar-refractivity contribution < 1.29 is 48.6 Å². The summed E-state index contributed by atoms with van der Waals surface area (Å²) in [5.74, 6) is -4.14. The second kappa shape index (κ2) is 29.5. The summed E-state index contributed by atoms with van der Waals surface area (Å²) in [4.78, 5) is 114. The first-order valence-corrected chi connectivity index (χ1v) is 27.9. The summed E-state index contributed by atoms with van der Waals surface area (Å²) < 4.78 is 0. The number of hydrogen-bond acceptors (Lipinski definition) is 12. The van der Waals surface area contributed by atoms with E-state index in [1.165, 1.54) is 0 Å². The van der Waals surface area contributed by atoms with Gasteiger partial charge in [-0.2, -0.15) is 0 Å². The molecule has 8 amide bonds. The number of aliphatic hydroxyl groups excluding tert-OH is 2. The molecule has 2 aromatic rings. The van der Waals surface area contributed by atoms with Crippen molar-refractivity contribution in [1.29, 1.82) is 0 Å².